The Kier molecular flexibility index (Phi) is 15.0. The number of carbonyl (C=O) groups excluding carboxylic acids is 1. The minimum Gasteiger partial charge on any atom is -0.388 e. The van der Waals surface area contributed by atoms with Crippen molar-refractivity contribution in [3.05, 3.63) is 0 Å². The van der Waals surface area contributed by atoms with E-state index in [1.165, 1.54) is 69.5 Å². The van der Waals surface area contributed by atoms with Crippen LogP contribution in [0.4, 0.5) is 0 Å². The number of likely N-dealkylation sites (tertiary alicyclic amines) is 1. The van der Waals surface area contributed by atoms with E-state index in [1.54, 1.807) is 13.2 Å². The summed E-state index contributed by atoms with van der Waals surface area (Å²) in [4.78, 5) is 15.5. The largest absolute Gasteiger partial charge is 0.388 e. The average Bonchev–Trinajstić information content (AvgIpc) is 3.04. The second-order valence-electron chi connectivity index (χ2n) is 10.9. The zero-order chi connectivity index (χ0) is 26.7. The van der Waals surface area contributed by atoms with E-state index in [9.17, 15) is 20.1 Å². The van der Waals surface area contributed by atoms with Gasteiger partial charge in [-0.1, -0.05) is 64.7 Å². The van der Waals surface area contributed by atoms with E-state index in [-0.39, 0.29) is 11.9 Å². The predicted octanol–water partition coefficient (Wildman–Crippen LogP) is 3.90. The molecule has 7 nitrogen and oxygen atoms in total. The molecule has 0 aromatic heterocycles. The van der Waals surface area contributed by atoms with Crippen LogP contribution in [-0.4, -0.2) is 93.3 Å². The number of halogens is 1. The molecule has 212 valence electrons. The van der Waals surface area contributed by atoms with Crippen LogP contribution in [0.1, 0.15) is 90.9 Å². The van der Waals surface area contributed by atoms with Crippen LogP contribution in [0, 0.1) is 5.92 Å². The lowest BCUT2D eigenvalue weighted by Crippen LogP contribution is -2.65. The second-order valence-corrected chi connectivity index (χ2v) is 12.5. The molecule has 2 aliphatic heterocycles. The fourth-order valence-corrected chi connectivity index (χ4v) is 6.46. The molecule has 0 bridgehead atoms. The first-order valence-electron chi connectivity index (χ1n) is 14.1. The van der Waals surface area contributed by atoms with Gasteiger partial charge in [0.1, 0.15) is 29.9 Å². The zero-order valence-corrected chi connectivity index (χ0v) is 24.4. The average molecular weight is 551 g/mol. The summed E-state index contributed by atoms with van der Waals surface area (Å²) in [5, 5.41) is 33.6. The molecule has 2 aliphatic rings. The minimum atomic E-state index is -1.37. The maximum atomic E-state index is 13.4. The maximum absolute atomic E-state index is 13.4. The summed E-state index contributed by atoms with van der Waals surface area (Å²) >= 11 is 7.69. The van der Waals surface area contributed by atoms with Gasteiger partial charge in [0.15, 0.2) is 0 Å². The lowest BCUT2D eigenvalue weighted by molar-refractivity contribution is -0.205. The van der Waals surface area contributed by atoms with Gasteiger partial charge < -0.3 is 25.4 Å². The van der Waals surface area contributed by atoms with Crippen molar-refractivity contribution >= 4 is 29.3 Å². The molecule has 9 atom stereocenters. The summed E-state index contributed by atoms with van der Waals surface area (Å²) in [6.07, 6.45) is 11.7. The Balaban J connectivity index is 1.86. The molecule has 36 heavy (non-hydrogen) atoms. The van der Waals surface area contributed by atoms with Crippen molar-refractivity contribution < 1.29 is 24.9 Å². The van der Waals surface area contributed by atoms with Crippen molar-refractivity contribution in [2.45, 2.75) is 138 Å². The summed E-state index contributed by atoms with van der Waals surface area (Å²) in [7, 11) is 2.00. The first-order valence-corrected chi connectivity index (χ1v) is 15.8. The molecule has 2 heterocycles. The summed E-state index contributed by atoms with van der Waals surface area (Å²) in [6, 6.07) is -0.963. The van der Waals surface area contributed by atoms with Gasteiger partial charge in [-0.25, -0.2) is 0 Å². The highest BCUT2D eigenvalue weighted by molar-refractivity contribution is 7.99. The molecule has 2 saturated heterocycles. The van der Waals surface area contributed by atoms with Gasteiger partial charge in [-0.15, -0.1) is 23.4 Å². The molecular weight excluding hydrogens is 500 g/mol. The van der Waals surface area contributed by atoms with E-state index in [0.717, 1.165) is 25.8 Å². The third-order valence-corrected chi connectivity index (χ3v) is 9.16. The second kappa shape index (κ2) is 16.8. The number of thioether (sulfide) groups is 1. The predicted molar refractivity (Wildman–Crippen MR) is 148 cm³/mol. The van der Waals surface area contributed by atoms with E-state index in [2.05, 4.69) is 17.1 Å². The van der Waals surface area contributed by atoms with Crippen LogP contribution in [0.3, 0.4) is 0 Å². The molecule has 4 N–H and O–H groups in total. The SMILES string of the molecule is CCCCCCCCCC[C@H]1CC[C@@H](C(=O)N[C@H]([C@H](C)Cl)[C@H]2OC(SC)[C@H](O)C(O)C2O)N(C)CC1. The van der Waals surface area contributed by atoms with Crippen molar-refractivity contribution in [3.8, 4) is 0 Å². The first-order chi connectivity index (χ1) is 17.2. The Labute approximate surface area is 228 Å². The maximum Gasteiger partial charge on any atom is 0.237 e. The molecule has 0 aromatic rings. The Morgan fingerprint density at radius 2 is 1.67 bits per heavy atom. The van der Waals surface area contributed by atoms with Crippen LogP contribution in [0.15, 0.2) is 0 Å². The number of carbonyl (C=O) groups is 1. The van der Waals surface area contributed by atoms with Gasteiger partial charge in [-0.3, -0.25) is 9.69 Å². The highest BCUT2D eigenvalue weighted by atomic mass is 35.5. The van der Waals surface area contributed by atoms with E-state index in [0.29, 0.717) is 5.92 Å². The van der Waals surface area contributed by atoms with Gasteiger partial charge >= 0.3 is 0 Å². The summed E-state index contributed by atoms with van der Waals surface area (Å²) in [5.41, 5.74) is -0.708. The fraction of sp³-hybridized carbons (Fsp3) is 0.963. The smallest absolute Gasteiger partial charge is 0.237 e. The van der Waals surface area contributed by atoms with E-state index in [4.69, 9.17) is 16.3 Å². The molecule has 0 spiro atoms. The Morgan fingerprint density at radius 3 is 2.28 bits per heavy atom. The lowest BCUT2D eigenvalue weighted by Gasteiger charge is -2.44. The van der Waals surface area contributed by atoms with Gasteiger partial charge in [0.05, 0.1) is 17.5 Å². The lowest BCUT2D eigenvalue weighted by atomic mass is 9.92. The number of alkyl halides is 1. The zero-order valence-electron chi connectivity index (χ0n) is 22.8. The van der Waals surface area contributed by atoms with Crippen LogP contribution in [0.25, 0.3) is 0 Å². The number of ether oxygens (including phenoxy) is 1. The highest BCUT2D eigenvalue weighted by Crippen LogP contribution is 2.31. The van der Waals surface area contributed by atoms with Gasteiger partial charge in [0, 0.05) is 0 Å². The van der Waals surface area contributed by atoms with E-state index >= 15 is 0 Å². The van der Waals surface area contributed by atoms with Crippen molar-refractivity contribution in [2.24, 2.45) is 5.92 Å². The molecule has 2 rings (SSSR count). The number of aliphatic hydroxyl groups excluding tert-OH is 3. The molecule has 1 amide bonds. The number of nitrogens with zero attached hydrogens (tertiary/aromatic N) is 1. The molecular formula is C27H51ClN2O5S. The summed E-state index contributed by atoms with van der Waals surface area (Å²) in [6.45, 7) is 4.87. The third kappa shape index (κ3) is 9.58. The number of aliphatic hydroxyl groups is 3. The Morgan fingerprint density at radius 1 is 1.03 bits per heavy atom. The number of hydrogen-bond donors (Lipinski definition) is 4. The minimum absolute atomic E-state index is 0.125. The molecule has 9 heteroatoms. The van der Waals surface area contributed by atoms with E-state index in [1.807, 2.05) is 7.05 Å². The standard InChI is InChI=1S/C27H51ClN2O5S/c1-5-6-7-8-9-10-11-12-13-19-14-15-20(30(3)17-16-19)26(34)29-21(18(2)28)25-23(32)22(31)24(33)27(35-25)36-4/h18-25,27,31-33H,5-17H2,1-4H3,(H,29,34)/t18-,19-,20-,21+,22?,23?,24+,25+,27?/m0/s1. The Hall–Kier alpha value is -0.0900. The molecule has 3 unspecified atom stereocenters. The van der Waals surface area contributed by atoms with Gasteiger partial charge in [-0.05, 0) is 52.0 Å². The topological polar surface area (TPSA) is 102 Å². The molecule has 0 radical (unpaired) electrons. The van der Waals surface area contributed by atoms with Crippen molar-refractivity contribution in [2.75, 3.05) is 19.8 Å². The van der Waals surface area contributed by atoms with Crippen LogP contribution in [0.2, 0.25) is 0 Å². The van der Waals surface area contributed by atoms with Crippen molar-refractivity contribution in [3.63, 3.8) is 0 Å². The Bertz CT molecular complexity index is 629. The van der Waals surface area contributed by atoms with Crippen molar-refractivity contribution in [1.82, 2.24) is 10.2 Å². The monoisotopic (exact) mass is 550 g/mol. The van der Waals surface area contributed by atoms with Crippen molar-refractivity contribution in [1.29, 1.82) is 0 Å². The number of rotatable bonds is 14. The number of unbranched alkanes of at least 4 members (excludes halogenated alkanes) is 7. The van der Waals surface area contributed by atoms with E-state index < -0.39 is 41.3 Å². The summed E-state index contributed by atoms with van der Waals surface area (Å²) < 4.78 is 5.89. The van der Waals surface area contributed by atoms with Gasteiger partial charge in [-0.2, -0.15) is 0 Å². The third-order valence-electron chi connectivity index (χ3n) is 8.04. The molecule has 0 aromatic carbocycles. The first kappa shape index (κ1) is 32.1. The molecule has 2 fully saturated rings. The fourth-order valence-electron chi connectivity index (χ4n) is 5.57. The normalized spacial score (nSPS) is 33.6. The van der Waals surface area contributed by atoms with Crippen LogP contribution < -0.4 is 5.32 Å². The number of likely N-dealkylation sites (N-methyl/N-ethyl adjacent to an activating group) is 1. The van der Waals surface area contributed by atoms with Crippen LogP contribution in [-0.2, 0) is 9.53 Å². The highest BCUT2D eigenvalue weighted by Gasteiger charge is 2.48. The number of hydrogen-bond acceptors (Lipinski definition) is 7. The van der Waals surface area contributed by atoms with Gasteiger partial charge in [0.2, 0.25) is 5.91 Å². The van der Waals surface area contributed by atoms with Gasteiger partial charge in [0.25, 0.3) is 0 Å². The van der Waals surface area contributed by atoms with Crippen LogP contribution in [0.5, 0.6) is 0 Å². The quantitative estimate of drug-likeness (QED) is 0.192. The molecule has 0 aliphatic carbocycles. The summed E-state index contributed by atoms with van der Waals surface area (Å²) in [5.74, 6) is 0.524. The number of nitrogens with one attached hydrogen (secondary N) is 1. The molecule has 0 saturated carbocycles. The number of amides is 1. The van der Waals surface area contributed by atoms with Crippen LogP contribution >= 0.6 is 23.4 Å².